The molecular weight excluding hydrogens is 403 g/mol. The lowest BCUT2D eigenvalue weighted by molar-refractivity contribution is 0.0962. The number of carbonyl (C=O) groups is 1. The molecule has 1 amide bonds. The van der Waals surface area contributed by atoms with E-state index >= 15 is 0 Å². The predicted octanol–water partition coefficient (Wildman–Crippen LogP) is 3.87. The molecule has 0 fully saturated rings. The number of nitrogens with two attached hydrogens (primary N) is 1. The molecule has 144 valence electrons. The molecule has 0 bridgehead atoms. The fraction of sp³-hybridized carbons (Fsp3) is 0.0556. The Morgan fingerprint density at radius 3 is 2.46 bits per heavy atom. The van der Waals surface area contributed by atoms with E-state index < -0.39 is 0 Å². The highest BCUT2D eigenvalue weighted by molar-refractivity contribution is 6.36. The molecule has 1 aromatic heterocycles. The number of carbonyl (C=O) groups excluding carboxylic acids is 1. The molecular formula is C18H16Cl2N6O2. The summed E-state index contributed by atoms with van der Waals surface area (Å²) in [5.74, 6) is 0.835. The first-order valence-corrected chi connectivity index (χ1v) is 8.76. The van der Waals surface area contributed by atoms with Gasteiger partial charge in [-0.15, -0.1) is 0 Å². The van der Waals surface area contributed by atoms with Crippen LogP contribution >= 0.6 is 23.2 Å². The molecule has 0 aliphatic heterocycles. The molecule has 0 aliphatic carbocycles. The van der Waals surface area contributed by atoms with Crippen molar-refractivity contribution in [3.8, 4) is 5.75 Å². The average Bonchev–Trinajstić information content (AvgIpc) is 2.70. The summed E-state index contributed by atoms with van der Waals surface area (Å²) in [5.41, 5.74) is 12.5. The number of anilines is 4. The van der Waals surface area contributed by atoms with Crippen molar-refractivity contribution in [2.24, 2.45) is 0 Å². The van der Waals surface area contributed by atoms with Crippen molar-refractivity contribution < 1.29 is 9.53 Å². The van der Waals surface area contributed by atoms with Gasteiger partial charge in [-0.3, -0.25) is 15.6 Å². The van der Waals surface area contributed by atoms with Crippen LogP contribution < -0.4 is 26.6 Å². The minimum Gasteiger partial charge on any atom is -0.497 e. The number of methoxy groups -OCH3 is 1. The lowest BCUT2D eigenvalue weighted by Crippen LogP contribution is -2.30. The molecule has 2 aromatic carbocycles. The second-order valence-electron chi connectivity index (χ2n) is 5.54. The molecule has 1 heterocycles. The van der Waals surface area contributed by atoms with Gasteiger partial charge in [0.15, 0.2) is 11.6 Å². The number of hydrogen-bond donors (Lipinski definition) is 4. The third-order valence-electron chi connectivity index (χ3n) is 3.71. The third kappa shape index (κ3) is 4.54. The summed E-state index contributed by atoms with van der Waals surface area (Å²) in [7, 11) is 1.55. The smallest absolute Gasteiger partial charge is 0.269 e. The first-order valence-electron chi connectivity index (χ1n) is 8.01. The van der Waals surface area contributed by atoms with E-state index in [4.69, 9.17) is 33.7 Å². The van der Waals surface area contributed by atoms with Crippen LogP contribution in [-0.2, 0) is 0 Å². The van der Waals surface area contributed by atoms with Crippen LogP contribution in [0, 0.1) is 0 Å². The number of nitrogens with zero attached hydrogens (tertiary/aromatic N) is 2. The second kappa shape index (κ2) is 8.64. The van der Waals surface area contributed by atoms with Crippen molar-refractivity contribution in [2.75, 3.05) is 23.6 Å². The fourth-order valence-electron chi connectivity index (χ4n) is 2.24. The first-order chi connectivity index (χ1) is 13.5. The number of ether oxygens (including phenoxy) is 1. The van der Waals surface area contributed by atoms with E-state index in [1.54, 1.807) is 49.6 Å². The third-order valence-corrected chi connectivity index (χ3v) is 4.26. The molecule has 0 atom stereocenters. The number of hydrogen-bond acceptors (Lipinski definition) is 7. The van der Waals surface area contributed by atoms with Crippen molar-refractivity contribution >= 4 is 52.1 Å². The van der Waals surface area contributed by atoms with Gasteiger partial charge in [0, 0.05) is 10.6 Å². The van der Waals surface area contributed by atoms with E-state index in [0.717, 1.165) is 0 Å². The van der Waals surface area contributed by atoms with Crippen LogP contribution in [0.2, 0.25) is 10.0 Å². The Hall–Kier alpha value is -3.23. The van der Waals surface area contributed by atoms with Gasteiger partial charge >= 0.3 is 0 Å². The van der Waals surface area contributed by atoms with Crippen LogP contribution in [0.1, 0.15) is 10.4 Å². The molecule has 0 radical (unpaired) electrons. The van der Waals surface area contributed by atoms with E-state index in [0.29, 0.717) is 32.9 Å². The number of amides is 1. The number of aromatic nitrogens is 2. The highest BCUT2D eigenvalue weighted by Gasteiger charge is 2.12. The van der Waals surface area contributed by atoms with Gasteiger partial charge in [-0.1, -0.05) is 23.2 Å². The lowest BCUT2D eigenvalue weighted by atomic mass is 10.2. The highest BCUT2D eigenvalue weighted by atomic mass is 35.5. The van der Waals surface area contributed by atoms with Crippen molar-refractivity contribution in [1.82, 2.24) is 15.4 Å². The summed E-state index contributed by atoms with van der Waals surface area (Å²) < 4.78 is 5.07. The van der Waals surface area contributed by atoms with Crippen LogP contribution in [-0.4, -0.2) is 23.0 Å². The average molecular weight is 419 g/mol. The van der Waals surface area contributed by atoms with Gasteiger partial charge in [0.05, 0.1) is 17.8 Å². The molecule has 3 aromatic rings. The molecule has 0 aliphatic rings. The standard InChI is InChI=1S/C18H16Cl2N6O2/c1-28-12-5-2-10(3-6-12)18(27)26-25-17-15(21)16(22-9-23-17)24-14-7-4-11(19)8-13(14)20/h2-9H,21H2,1H3,(H,26,27)(H2,22,23,24,25). The van der Waals surface area contributed by atoms with E-state index in [2.05, 4.69) is 26.1 Å². The normalized spacial score (nSPS) is 10.2. The Bertz CT molecular complexity index is 998. The predicted molar refractivity (Wildman–Crippen MR) is 110 cm³/mol. The molecule has 0 spiro atoms. The van der Waals surface area contributed by atoms with Crippen LogP contribution in [0.5, 0.6) is 5.75 Å². The maximum absolute atomic E-state index is 12.2. The molecule has 8 nitrogen and oxygen atoms in total. The molecule has 10 heteroatoms. The molecule has 0 saturated heterocycles. The molecule has 5 N–H and O–H groups in total. The van der Waals surface area contributed by atoms with Gasteiger partial charge in [0.2, 0.25) is 0 Å². The number of benzene rings is 2. The van der Waals surface area contributed by atoms with E-state index in [1.807, 2.05) is 0 Å². The Kier molecular flexibility index (Phi) is 6.03. The summed E-state index contributed by atoms with van der Waals surface area (Å²) in [6, 6.07) is 11.6. The van der Waals surface area contributed by atoms with Gasteiger partial charge < -0.3 is 15.8 Å². The second-order valence-corrected chi connectivity index (χ2v) is 6.38. The van der Waals surface area contributed by atoms with E-state index in [9.17, 15) is 4.79 Å². The van der Waals surface area contributed by atoms with Crippen LogP contribution in [0.4, 0.5) is 23.0 Å². The summed E-state index contributed by atoms with van der Waals surface area (Å²) >= 11 is 12.0. The zero-order valence-electron chi connectivity index (χ0n) is 14.7. The first kappa shape index (κ1) is 19.5. The molecule has 3 rings (SSSR count). The van der Waals surface area contributed by atoms with Crippen LogP contribution in [0.15, 0.2) is 48.8 Å². The van der Waals surface area contributed by atoms with E-state index in [1.165, 1.54) is 6.33 Å². The van der Waals surface area contributed by atoms with Crippen LogP contribution in [0.25, 0.3) is 0 Å². The number of nitrogens with one attached hydrogen (secondary N) is 3. The Morgan fingerprint density at radius 2 is 1.79 bits per heavy atom. The zero-order chi connectivity index (χ0) is 20.1. The monoisotopic (exact) mass is 418 g/mol. The minimum absolute atomic E-state index is 0.198. The SMILES string of the molecule is COc1ccc(C(=O)NNc2ncnc(Nc3ccc(Cl)cc3Cl)c2N)cc1. The summed E-state index contributed by atoms with van der Waals surface area (Å²) in [4.78, 5) is 20.4. The van der Waals surface area contributed by atoms with Gasteiger partial charge in [-0.2, -0.15) is 0 Å². The number of hydrazine groups is 1. The fourth-order valence-corrected chi connectivity index (χ4v) is 2.70. The minimum atomic E-state index is -0.365. The Balaban J connectivity index is 1.71. The quantitative estimate of drug-likeness (QED) is 0.449. The highest BCUT2D eigenvalue weighted by Crippen LogP contribution is 2.31. The summed E-state index contributed by atoms with van der Waals surface area (Å²) in [6.07, 6.45) is 1.30. The van der Waals surface area contributed by atoms with Crippen LogP contribution in [0.3, 0.4) is 0 Å². The topological polar surface area (TPSA) is 114 Å². The summed E-state index contributed by atoms with van der Waals surface area (Å²) in [5, 5.41) is 3.93. The summed E-state index contributed by atoms with van der Waals surface area (Å²) in [6.45, 7) is 0. The van der Waals surface area contributed by atoms with Crippen molar-refractivity contribution in [1.29, 1.82) is 0 Å². The molecule has 28 heavy (non-hydrogen) atoms. The lowest BCUT2D eigenvalue weighted by Gasteiger charge is -2.14. The van der Waals surface area contributed by atoms with Crippen molar-refractivity contribution in [3.63, 3.8) is 0 Å². The number of rotatable bonds is 6. The Labute approximate surface area is 171 Å². The van der Waals surface area contributed by atoms with Crippen molar-refractivity contribution in [2.45, 2.75) is 0 Å². The van der Waals surface area contributed by atoms with Gasteiger partial charge in [0.1, 0.15) is 17.8 Å². The molecule has 0 saturated carbocycles. The largest absolute Gasteiger partial charge is 0.497 e. The maximum Gasteiger partial charge on any atom is 0.269 e. The van der Waals surface area contributed by atoms with E-state index in [-0.39, 0.29) is 17.4 Å². The number of halogens is 2. The van der Waals surface area contributed by atoms with Gasteiger partial charge in [-0.05, 0) is 42.5 Å². The zero-order valence-corrected chi connectivity index (χ0v) is 16.2. The van der Waals surface area contributed by atoms with Gasteiger partial charge in [-0.25, -0.2) is 9.97 Å². The van der Waals surface area contributed by atoms with Crippen molar-refractivity contribution in [3.05, 3.63) is 64.4 Å². The maximum atomic E-state index is 12.2. The Morgan fingerprint density at radius 1 is 1.07 bits per heavy atom. The number of nitrogen functional groups attached to an aromatic ring is 1. The van der Waals surface area contributed by atoms with Gasteiger partial charge in [0.25, 0.3) is 5.91 Å². The molecule has 0 unspecified atom stereocenters.